The van der Waals surface area contributed by atoms with E-state index in [9.17, 15) is 0 Å². The van der Waals surface area contributed by atoms with Crippen LogP contribution in [0.25, 0.3) is 0 Å². The van der Waals surface area contributed by atoms with Crippen molar-refractivity contribution in [2.45, 2.75) is 50.8 Å². The van der Waals surface area contributed by atoms with Gasteiger partial charge in [0.1, 0.15) is 0 Å². The number of nitrogens with two attached hydrogens (primary N) is 1. The molecule has 0 saturated heterocycles. The summed E-state index contributed by atoms with van der Waals surface area (Å²) in [6.45, 7) is 4.31. The van der Waals surface area contributed by atoms with Gasteiger partial charge in [-0.25, -0.2) is 0 Å². The fraction of sp³-hybridized carbons (Fsp3) is 0.600. The molecule has 1 fully saturated rings. The average Bonchev–Trinajstić information content (AvgIpc) is 2.85. The molecule has 0 bridgehead atoms. The molecule has 1 unspecified atom stereocenters. The minimum absolute atomic E-state index is 0.274. The monoisotopic (exact) mass is 264 g/mol. The maximum atomic E-state index is 5.73. The molecular formula is C15H24N2S. The first-order chi connectivity index (χ1) is 8.70. The molecule has 3 heteroatoms. The summed E-state index contributed by atoms with van der Waals surface area (Å²) in [7, 11) is 0. The van der Waals surface area contributed by atoms with Crippen LogP contribution >= 0.6 is 11.8 Å². The zero-order chi connectivity index (χ0) is 13.0. The van der Waals surface area contributed by atoms with Crippen LogP contribution in [0.1, 0.15) is 48.4 Å². The van der Waals surface area contributed by atoms with Crippen LogP contribution < -0.4 is 11.3 Å². The third-order valence-electron chi connectivity index (χ3n) is 3.80. The van der Waals surface area contributed by atoms with Crippen molar-refractivity contribution in [3.8, 4) is 0 Å². The van der Waals surface area contributed by atoms with Crippen LogP contribution in [-0.4, -0.2) is 11.0 Å². The van der Waals surface area contributed by atoms with Crippen LogP contribution in [0.5, 0.6) is 0 Å². The molecule has 0 heterocycles. The molecule has 1 aliphatic carbocycles. The van der Waals surface area contributed by atoms with Gasteiger partial charge in [0.25, 0.3) is 0 Å². The molecule has 1 aromatic carbocycles. The highest BCUT2D eigenvalue weighted by Gasteiger charge is 2.19. The summed E-state index contributed by atoms with van der Waals surface area (Å²) in [5.41, 5.74) is 6.98. The van der Waals surface area contributed by atoms with Crippen molar-refractivity contribution < 1.29 is 0 Å². The average molecular weight is 264 g/mol. The predicted molar refractivity (Wildman–Crippen MR) is 80.7 cm³/mol. The Balaban J connectivity index is 1.98. The van der Waals surface area contributed by atoms with Crippen LogP contribution in [0.15, 0.2) is 18.2 Å². The van der Waals surface area contributed by atoms with Gasteiger partial charge in [-0.2, -0.15) is 11.8 Å². The van der Waals surface area contributed by atoms with Gasteiger partial charge < -0.3 is 0 Å². The first-order valence-electron chi connectivity index (χ1n) is 6.85. The Bertz CT molecular complexity index is 386. The minimum Gasteiger partial charge on any atom is -0.271 e. The summed E-state index contributed by atoms with van der Waals surface area (Å²) in [4.78, 5) is 0. The number of thioether (sulfide) groups is 1. The molecule has 1 saturated carbocycles. The van der Waals surface area contributed by atoms with Crippen molar-refractivity contribution in [3.63, 3.8) is 0 Å². The minimum atomic E-state index is 0.274. The van der Waals surface area contributed by atoms with Crippen LogP contribution in [0.4, 0.5) is 0 Å². The predicted octanol–water partition coefficient (Wildman–Crippen LogP) is 3.48. The van der Waals surface area contributed by atoms with E-state index in [0.717, 1.165) is 11.0 Å². The number of benzene rings is 1. The topological polar surface area (TPSA) is 38.0 Å². The Morgan fingerprint density at radius 3 is 2.67 bits per heavy atom. The Labute approximate surface area is 115 Å². The summed E-state index contributed by atoms with van der Waals surface area (Å²) < 4.78 is 0. The van der Waals surface area contributed by atoms with Gasteiger partial charge in [-0.1, -0.05) is 36.6 Å². The lowest BCUT2D eigenvalue weighted by Crippen LogP contribution is -2.30. The molecule has 0 aromatic heterocycles. The summed E-state index contributed by atoms with van der Waals surface area (Å²) in [6.07, 6.45) is 5.58. The van der Waals surface area contributed by atoms with E-state index >= 15 is 0 Å². The zero-order valence-corrected chi connectivity index (χ0v) is 12.2. The van der Waals surface area contributed by atoms with Crippen LogP contribution in [0, 0.1) is 13.8 Å². The number of hydrogen-bond donors (Lipinski definition) is 2. The van der Waals surface area contributed by atoms with E-state index in [0.29, 0.717) is 0 Å². The van der Waals surface area contributed by atoms with Crippen molar-refractivity contribution in [2.24, 2.45) is 5.84 Å². The molecule has 100 valence electrons. The molecule has 1 aromatic rings. The number of rotatable bonds is 5. The lowest BCUT2D eigenvalue weighted by atomic mass is 10.0. The second-order valence-corrected chi connectivity index (χ2v) is 6.65. The first kappa shape index (κ1) is 13.9. The molecule has 0 aliphatic heterocycles. The van der Waals surface area contributed by atoms with Crippen LogP contribution in [0.3, 0.4) is 0 Å². The SMILES string of the molecule is Cc1ccc(C(CSC2CCCC2)NN)c(C)c1. The Morgan fingerprint density at radius 1 is 1.33 bits per heavy atom. The lowest BCUT2D eigenvalue weighted by molar-refractivity contribution is 0.606. The van der Waals surface area contributed by atoms with Gasteiger partial charge in [-0.05, 0) is 37.8 Å². The van der Waals surface area contributed by atoms with Crippen molar-refractivity contribution >= 4 is 11.8 Å². The van der Waals surface area contributed by atoms with E-state index in [4.69, 9.17) is 5.84 Å². The fourth-order valence-electron chi connectivity index (χ4n) is 2.73. The summed E-state index contributed by atoms with van der Waals surface area (Å²) in [5, 5.41) is 0.853. The third-order valence-corrected chi connectivity index (χ3v) is 5.27. The van der Waals surface area contributed by atoms with Crippen molar-refractivity contribution in [3.05, 3.63) is 34.9 Å². The Kier molecular flexibility index (Phi) is 5.10. The molecule has 18 heavy (non-hydrogen) atoms. The van der Waals surface area contributed by atoms with Crippen molar-refractivity contribution in [2.75, 3.05) is 5.75 Å². The number of aryl methyl sites for hydroxylation is 2. The molecular weight excluding hydrogens is 240 g/mol. The van der Waals surface area contributed by atoms with E-state index in [1.807, 2.05) is 0 Å². The number of nitrogens with one attached hydrogen (secondary N) is 1. The van der Waals surface area contributed by atoms with E-state index < -0.39 is 0 Å². The first-order valence-corrected chi connectivity index (χ1v) is 7.90. The normalized spacial score (nSPS) is 18.2. The van der Waals surface area contributed by atoms with Crippen molar-refractivity contribution in [1.82, 2.24) is 5.43 Å². The molecule has 3 N–H and O–H groups in total. The molecule has 0 amide bonds. The molecule has 2 rings (SSSR count). The fourth-order valence-corrected chi connectivity index (χ4v) is 4.14. The standard InChI is InChI=1S/C15H24N2S/c1-11-7-8-14(12(2)9-11)15(17-16)10-18-13-5-3-4-6-13/h7-9,13,15,17H,3-6,10,16H2,1-2H3. The Morgan fingerprint density at radius 2 is 2.06 bits per heavy atom. The van der Waals surface area contributed by atoms with Gasteiger partial charge in [-0.3, -0.25) is 11.3 Å². The summed E-state index contributed by atoms with van der Waals surface area (Å²) in [5.74, 6) is 6.81. The second kappa shape index (κ2) is 6.60. The van der Waals surface area contributed by atoms with Gasteiger partial charge in [0.15, 0.2) is 0 Å². The van der Waals surface area contributed by atoms with Gasteiger partial charge >= 0.3 is 0 Å². The molecule has 0 spiro atoms. The maximum Gasteiger partial charge on any atom is 0.0553 e. The van der Waals surface area contributed by atoms with E-state index in [1.54, 1.807) is 0 Å². The van der Waals surface area contributed by atoms with E-state index in [-0.39, 0.29) is 6.04 Å². The summed E-state index contributed by atoms with van der Waals surface area (Å²) in [6, 6.07) is 6.90. The zero-order valence-electron chi connectivity index (χ0n) is 11.4. The van der Waals surface area contributed by atoms with Crippen LogP contribution in [0.2, 0.25) is 0 Å². The van der Waals surface area contributed by atoms with Gasteiger partial charge in [0.05, 0.1) is 6.04 Å². The maximum absolute atomic E-state index is 5.73. The smallest absolute Gasteiger partial charge is 0.0553 e. The molecule has 2 nitrogen and oxygen atoms in total. The summed E-state index contributed by atoms with van der Waals surface area (Å²) >= 11 is 2.08. The molecule has 1 aliphatic rings. The Hall–Kier alpha value is -0.510. The third kappa shape index (κ3) is 3.50. The van der Waals surface area contributed by atoms with Gasteiger partial charge in [-0.15, -0.1) is 0 Å². The van der Waals surface area contributed by atoms with Crippen molar-refractivity contribution in [1.29, 1.82) is 0 Å². The lowest BCUT2D eigenvalue weighted by Gasteiger charge is -2.20. The number of hydrazine groups is 1. The highest BCUT2D eigenvalue weighted by Crippen LogP contribution is 2.32. The second-order valence-electron chi connectivity index (χ2n) is 5.32. The largest absolute Gasteiger partial charge is 0.271 e. The quantitative estimate of drug-likeness (QED) is 0.631. The van der Waals surface area contributed by atoms with Gasteiger partial charge in [0.2, 0.25) is 0 Å². The van der Waals surface area contributed by atoms with E-state index in [1.165, 1.54) is 42.4 Å². The van der Waals surface area contributed by atoms with E-state index in [2.05, 4.69) is 49.2 Å². The number of hydrogen-bond acceptors (Lipinski definition) is 3. The van der Waals surface area contributed by atoms with Crippen LogP contribution in [-0.2, 0) is 0 Å². The highest BCUT2D eigenvalue weighted by atomic mass is 32.2. The van der Waals surface area contributed by atoms with Gasteiger partial charge in [0, 0.05) is 11.0 Å². The molecule has 0 radical (unpaired) electrons. The highest BCUT2D eigenvalue weighted by molar-refractivity contribution is 7.99. The molecule has 1 atom stereocenters.